The Balaban J connectivity index is 1.93. The van der Waals surface area contributed by atoms with Crippen LogP contribution in [0.5, 0.6) is 0 Å². The third-order valence-corrected chi connectivity index (χ3v) is 5.49. The fourth-order valence-electron chi connectivity index (χ4n) is 3.36. The number of thiophene rings is 1. The van der Waals surface area contributed by atoms with Crippen LogP contribution in [0, 0.1) is 6.92 Å². The molecule has 2 heterocycles. The predicted octanol–water partition coefficient (Wildman–Crippen LogP) is 3.68. The van der Waals surface area contributed by atoms with Crippen molar-refractivity contribution in [3.8, 4) is 0 Å². The Morgan fingerprint density at radius 1 is 1.35 bits per heavy atom. The van der Waals surface area contributed by atoms with E-state index in [1.165, 1.54) is 16.7 Å². The van der Waals surface area contributed by atoms with Gasteiger partial charge in [-0.1, -0.05) is 24.3 Å². The summed E-state index contributed by atoms with van der Waals surface area (Å²) in [6.45, 7) is 6.27. The zero-order valence-electron chi connectivity index (χ0n) is 12.2. The van der Waals surface area contributed by atoms with Crippen LogP contribution in [0.2, 0.25) is 0 Å². The molecule has 0 amide bonds. The van der Waals surface area contributed by atoms with Crippen LogP contribution in [0.1, 0.15) is 40.6 Å². The lowest BCUT2D eigenvalue weighted by Gasteiger charge is -2.40. The molecule has 106 valence electrons. The molecule has 0 saturated heterocycles. The van der Waals surface area contributed by atoms with Gasteiger partial charge >= 0.3 is 0 Å². The summed E-state index contributed by atoms with van der Waals surface area (Å²) in [7, 11) is 0. The molecular formula is C17H22N2S. The second-order valence-electron chi connectivity index (χ2n) is 5.57. The maximum Gasteiger partial charge on any atom is 0.0479 e. The molecule has 3 rings (SSSR count). The normalized spacial score (nSPS) is 20.6. The Bertz CT molecular complexity index is 590. The highest BCUT2D eigenvalue weighted by atomic mass is 32.1. The Morgan fingerprint density at radius 2 is 2.15 bits per heavy atom. The number of nitrogens with two attached hydrogens (primary N) is 1. The van der Waals surface area contributed by atoms with E-state index >= 15 is 0 Å². The van der Waals surface area contributed by atoms with Crippen LogP contribution in [0.3, 0.4) is 0 Å². The highest BCUT2D eigenvalue weighted by Gasteiger charge is 2.30. The SMILES string of the molecule is Cc1ccccc1C(CN)N1CCc2sccc2C1C. The summed E-state index contributed by atoms with van der Waals surface area (Å²) in [5.41, 5.74) is 10.3. The van der Waals surface area contributed by atoms with Crippen molar-refractivity contribution in [2.45, 2.75) is 32.4 Å². The van der Waals surface area contributed by atoms with E-state index in [-0.39, 0.29) is 0 Å². The number of hydrogen-bond donors (Lipinski definition) is 1. The molecule has 20 heavy (non-hydrogen) atoms. The van der Waals surface area contributed by atoms with Crippen LogP contribution < -0.4 is 5.73 Å². The fraction of sp³-hybridized carbons (Fsp3) is 0.412. The molecule has 1 aromatic heterocycles. The molecule has 0 aliphatic carbocycles. The first-order chi connectivity index (χ1) is 9.72. The number of aryl methyl sites for hydroxylation is 1. The first kappa shape index (κ1) is 13.8. The average Bonchev–Trinajstić information content (AvgIpc) is 2.93. The highest BCUT2D eigenvalue weighted by Crippen LogP contribution is 2.38. The molecule has 2 atom stereocenters. The van der Waals surface area contributed by atoms with Crippen molar-refractivity contribution in [1.82, 2.24) is 4.90 Å². The van der Waals surface area contributed by atoms with E-state index in [1.807, 2.05) is 11.3 Å². The summed E-state index contributed by atoms with van der Waals surface area (Å²) >= 11 is 1.89. The van der Waals surface area contributed by atoms with Gasteiger partial charge in [0.1, 0.15) is 0 Å². The second-order valence-corrected chi connectivity index (χ2v) is 6.57. The number of fused-ring (bicyclic) bond motifs is 1. The van der Waals surface area contributed by atoms with Crippen molar-refractivity contribution in [2.24, 2.45) is 5.73 Å². The molecular weight excluding hydrogens is 264 g/mol. The first-order valence-electron chi connectivity index (χ1n) is 7.30. The van der Waals surface area contributed by atoms with E-state index in [0.717, 1.165) is 13.0 Å². The number of rotatable bonds is 3. The lowest BCUT2D eigenvalue weighted by atomic mass is 9.94. The average molecular weight is 286 g/mol. The van der Waals surface area contributed by atoms with E-state index in [9.17, 15) is 0 Å². The molecule has 0 spiro atoms. The van der Waals surface area contributed by atoms with Crippen molar-refractivity contribution >= 4 is 11.3 Å². The van der Waals surface area contributed by atoms with Gasteiger partial charge in [0.2, 0.25) is 0 Å². The first-order valence-corrected chi connectivity index (χ1v) is 8.18. The zero-order valence-corrected chi connectivity index (χ0v) is 13.0. The Hall–Kier alpha value is -1.16. The van der Waals surface area contributed by atoms with Crippen LogP contribution in [-0.4, -0.2) is 18.0 Å². The number of benzene rings is 1. The Morgan fingerprint density at radius 3 is 2.90 bits per heavy atom. The van der Waals surface area contributed by atoms with Crippen LogP contribution in [-0.2, 0) is 6.42 Å². The minimum Gasteiger partial charge on any atom is -0.329 e. The van der Waals surface area contributed by atoms with Crippen LogP contribution >= 0.6 is 11.3 Å². The van der Waals surface area contributed by atoms with E-state index in [2.05, 4.69) is 54.5 Å². The van der Waals surface area contributed by atoms with E-state index in [0.29, 0.717) is 18.6 Å². The van der Waals surface area contributed by atoms with Gasteiger partial charge < -0.3 is 5.73 Å². The van der Waals surface area contributed by atoms with Crippen molar-refractivity contribution in [3.63, 3.8) is 0 Å². The molecule has 1 aromatic carbocycles. The van der Waals surface area contributed by atoms with Crippen molar-refractivity contribution in [2.75, 3.05) is 13.1 Å². The van der Waals surface area contributed by atoms with Crippen LogP contribution in [0.25, 0.3) is 0 Å². The fourth-order valence-corrected chi connectivity index (χ4v) is 4.32. The largest absolute Gasteiger partial charge is 0.329 e. The molecule has 0 fully saturated rings. The predicted molar refractivity (Wildman–Crippen MR) is 86.1 cm³/mol. The molecule has 2 aromatic rings. The minimum absolute atomic E-state index is 0.319. The molecule has 3 heteroatoms. The lowest BCUT2D eigenvalue weighted by Crippen LogP contribution is -2.40. The van der Waals surface area contributed by atoms with E-state index < -0.39 is 0 Å². The maximum atomic E-state index is 6.12. The summed E-state index contributed by atoms with van der Waals surface area (Å²) in [6, 6.07) is 11.7. The van der Waals surface area contributed by atoms with Gasteiger partial charge in [0.25, 0.3) is 0 Å². The van der Waals surface area contributed by atoms with Crippen molar-refractivity contribution in [1.29, 1.82) is 0 Å². The number of hydrogen-bond acceptors (Lipinski definition) is 3. The molecule has 0 bridgehead atoms. The number of nitrogens with zero attached hydrogens (tertiary/aromatic N) is 1. The zero-order chi connectivity index (χ0) is 14.1. The molecule has 1 aliphatic heterocycles. The topological polar surface area (TPSA) is 29.3 Å². The summed E-state index contributed by atoms with van der Waals surface area (Å²) in [4.78, 5) is 4.12. The molecule has 1 aliphatic rings. The van der Waals surface area contributed by atoms with E-state index in [4.69, 9.17) is 5.73 Å². The summed E-state index contributed by atoms with van der Waals surface area (Å²) in [5.74, 6) is 0. The van der Waals surface area contributed by atoms with Crippen molar-refractivity contribution in [3.05, 3.63) is 57.3 Å². The summed E-state index contributed by atoms with van der Waals surface area (Å²) in [6.07, 6.45) is 1.15. The molecule has 0 radical (unpaired) electrons. The maximum absolute atomic E-state index is 6.12. The van der Waals surface area contributed by atoms with Crippen LogP contribution in [0.4, 0.5) is 0 Å². The van der Waals surface area contributed by atoms with Gasteiger partial charge in [-0.15, -0.1) is 11.3 Å². The molecule has 2 N–H and O–H groups in total. The lowest BCUT2D eigenvalue weighted by molar-refractivity contribution is 0.138. The third-order valence-electron chi connectivity index (χ3n) is 4.50. The van der Waals surface area contributed by atoms with Gasteiger partial charge in [0.15, 0.2) is 0 Å². The summed E-state index contributed by atoms with van der Waals surface area (Å²) < 4.78 is 0. The summed E-state index contributed by atoms with van der Waals surface area (Å²) in [5, 5.41) is 2.22. The molecule has 2 nitrogen and oxygen atoms in total. The quantitative estimate of drug-likeness (QED) is 0.932. The van der Waals surface area contributed by atoms with Gasteiger partial charge in [-0.3, -0.25) is 4.90 Å². The highest BCUT2D eigenvalue weighted by molar-refractivity contribution is 7.10. The Kier molecular flexibility index (Phi) is 3.92. The van der Waals surface area contributed by atoms with Gasteiger partial charge in [-0.25, -0.2) is 0 Å². The third kappa shape index (κ3) is 2.30. The van der Waals surface area contributed by atoms with Crippen LogP contribution in [0.15, 0.2) is 35.7 Å². The smallest absolute Gasteiger partial charge is 0.0479 e. The molecule has 0 saturated carbocycles. The van der Waals surface area contributed by atoms with Crippen molar-refractivity contribution < 1.29 is 0 Å². The monoisotopic (exact) mass is 286 g/mol. The Labute approximate surface area is 125 Å². The van der Waals surface area contributed by atoms with Gasteiger partial charge in [-0.2, -0.15) is 0 Å². The van der Waals surface area contributed by atoms with Gasteiger partial charge in [-0.05, 0) is 48.4 Å². The van der Waals surface area contributed by atoms with Gasteiger partial charge in [0.05, 0.1) is 0 Å². The molecule has 2 unspecified atom stereocenters. The standard InChI is InChI=1S/C17H22N2S/c1-12-5-3-4-6-14(12)16(11-18)19-9-7-17-15(13(19)2)8-10-20-17/h3-6,8,10,13,16H,7,9,11,18H2,1-2H3. The second kappa shape index (κ2) is 5.68. The van der Waals surface area contributed by atoms with E-state index in [1.54, 1.807) is 4.88 Å². The van der Waals surface area contributed by atoms with Gasteiger partial charge in [0, 0.05) is 30.1 Å². The minimum atomic E-state index is 0.319.